The van der Waals surface area contributed by atoms with Crippen LogP contribution in [-0.4, -0.2) is 41.1 Å². The smallest absolute Gasteiger partial charge is 0.224 e. The normalized spacial score (nSPS) is 11.3. The molecule has 1 amide bonds. The van der Waals surface area contributed by atoms with Crippen LogP contribution in [0.4, 0.5) is 10.1 Å². The topological polar surface area (TPSA) is 132 Å². The highest BCUT2D eigenvalue weighted by atomic mass is 19.1. The average Bonchev–Trinajstić information content (AvgIpc) is 3.55. The second-order valence-electron chi connectivity index (χ2n) is 9.28. The summed E-state index contributed by atoms with van der Waals surface area (Å²) in [7, 11) is 0. The van der Waals surface area contributed by atoms with Gasteiger partial charge >= 0.3 is 0 Å². The number of nitrogens with zero attached hydrogens (tertiary/aromatic N) is 4. The van der Waals surface area contributed by atoms with E-state index in [9.17, 15) is 14.3 Å². The zero-order chi connectivity index (χ0) is 26.9. The summed E-state index contributed by atoms with van der Waals surface area (Å²) in [5, 5.41) is 21.1. The fourth-order valence-corrected chi connectivity index (χ4v) is 4.58. The van der Waals surface area contributed by atoms with Gasteiger partial charge in [0.15, 0.2) is 0 Å². The minimum atomic E-state index is -0.548. The fourth-order valence-electron chi connectivity index (χ4n) is 4.58. The summed E-state index contributed by atoms with van der Waals surface area (Å²) in [5.41, 5.74) is 6.52. The van der Waals surface area contributed by atoms with Crippen LogP contribution >= 0.6 is 0 Å². The number of H-pyrrole nitrogens is 2. The number of rotatable bonds is 7. The Kier molecular flexibility index (Phi) is 6.20. The Bertz CT molecular complexity index is 1820. The standard InChI is InChI=1S/C29H24FN7O2/c1-2-3-4-26(39)33-19-10-17(14-31-15-19)22-5-6-24-28(35-22)29(37-36-24)25-13-21-23(34-25)7-8-32-27(21)16-9-18(30)12-20(38)11-16/h5-15,34,38H,2-4H2,1H3,(H,33,39)(H,36,37). The maximum absolute atomic E-state index is 14.0. The number of carbonyl (C=O) groups is 1. The average molecular weight is 522 g/mol. The van der Waals surface area contributed by atoms with E-state index in [1.807, 2.05) is 37.3 Å². The minimum Gasteiger partial charge on any atom is -0.508 e. The van der Waals surface area contributed by atoms with E-state index >= 15 is 0 Å². The molecular formula is C29H24FN7O2. The molecule has 0 atom stereocenters. The quantitative estimate of drug-likeness (QED) is 0.198. The molecule has 0 spiro atoms. The molecule has 0 radical (unpaired) electrons. The van der Waals surface area contributed by atoms with Crippen LogP contribution in [0, 0.1) is 5.82 Å². The lowest BCUT2D eigenvalue weighted by molar-refractivity contribution is -0.116. The number of aromatic nitrogens is 6. The van der Waals surface area contributed by atoms with Crippen molar-refractivity contribution in [3.8, 4) is 39.7 Å². The number of nitrogens with one attached hydrogen (secondary N) is 3. The third kappa shape index (κ3) is 4.79. The van der Waals surface area contributed by atoms with Gasteiger partial charge in [-0.15, -0.1) is 0 Å². The van der Waals surface area contributed by atoms with E-state index < -0.39 is 5.82 Å². The van der Waals surface area contributed by atoms with Crippen LogP contribution in [0.25, 0.3) is 55.8 Å². The van der Waals surface area contributed by atoms with Gasteiger partial charge < -0.3 is 15.4 Å². The van der Waals surface area contributed by atoms with Crippen LogP contribution in [0.3, 0.4) is 0 Å². The zero-order valence-electron chi connectivity index (χ0n) is 21.0. The number of amides is 1. The molecule has 39 heavy (non-hydrogen) atoms. The van der Waals surface area contributed by atoms with Crippen molar-refractivity contribution in [2.75, 3.05) is 5.32 Å². The first-order chi connectivity index (χ1) is 19.0. The molecule has 4 N–H and O–H groups in total. The van der Waals surface area contributed by atoms with E-state index in [2.05, 4.69) is 30.5 Å². The van der Waals surface area contributed by atoms with E-state index in [0.717, 1.165) is 40.9 Å². The van der Waals surface area contributed by atoms with Crippen LogP contribution in [0.2, 0.25) is 0 Å². The van der Waals surface area contributed by atoms with E-state index in [4.69, 9.17) is 4.98 Å². The number of aromatic amines is 2. The predicted molar refractivity (Wildman–Crippen MR) is 147 cm³/mol. The first-order valence-corrected chi connectivity index (χ1v) is 12.6. The van der Waals surface area contributed by atoms with E-state index in [0.29, 0.717) is 46.0 Å². The number of fused-ring (bicyclic) bond motifs is 2. The SMILES string of the molecule is CCCCC(=O)Nc1cncc(-c2ccc3[nH]nc(-c4cc5c(-c6cc(O)cc(F)c6)nccc5[nH]4)c3n2)c1. The maximum atomic E-state index is 14.0. The number of hydrogen-bond donors (Lipinski definition) is 4. The summed E-state index contributed by atoms with van der Waals surface area (Å²) in [5.74, 6) is -0.764. The van der Waals surface area contributed by atoms with Crippen LogP contribution in [0.1, 0.15) is 26.2 Å². The van der Waals surface area contributed by atoms with Gasteiger partial charge in [-0.1, -0.05) is 13.3 Å². The van der Waals surface area contributed by atoms with E-state index in [1.165, 1.54) is 12.1 Å². The predicted octanol–water partition coefficient (Wildman–Crippen LogP) is 6.20. The van der Waals surface area contributed by atoms with Gasteiger partial charge in [0.1, 0.15) is 22.8 Å². The highest BCUT2D eigenvalue weighted by Crippen LogP contribution is 2.34. The molecule has 0 aliphatic rings. The number of anilines is 1. The largest absolute Gasteiger partial charge is 0.508 e. The Hall–Kier alpha value is -5.12. The van der Waals surface area contributed by atoms with Gasteiger partial charge in [-0.05, 0) is 48.9 Å². The summed E-state index contributed by atoms with van der Waals surface area (Å²) in [4.78, 5) is 29.1. The summed E-state index contributed by atoms with van der Waals surface area (Å²) in [6.45, 7) is 2.04. The van der Waals surface area contributed by atoms with Crippen LogP contribution in [-0.2, 0) is 4.79 Å². The maximum Gasteiger partial charge on any atom is 0.224 e. The molecule has 5 aromatic heterocycles. The third-order valence-electron chi connectivity index (χ3n) is 6.44. The van der Waals surface area contributed by atoms with E-state index in [-0.39, 0.29) is 11.7 Å². The molecule has 6 rings (SSSR count). The van der Waals surface area contributed by atoms with Gasteiger partial charge in [-0.3, -0.25) is 19.9 Å². The molecule has 10 heteroatoms. The number of aromatic hydroxyl groups is 1. The Balaban J connectivity index is 1.38. The molecule has 0 fully saturated rings. The molecule has 0 saturated carbocycles. The Morgan fingerprint density at radius 3 is 2.77 bits per heavy atom. The number of carbonyl (C=O) groups excluding carboxylic acids is 1. The van der Waals surface area contributed by atoms with Crippen LogP contribution < -0.4 is 5.32 Å². The second-order valence-corrected chi connectivity index (χ2v) is 9.28. The third-order valence-corrected chi connectivity index (χ3v) is 6.44. The molecular weight excluding hydrogens is 497 g/mol. The molecule has 0 bridgehead atoms. The highest BCUT2D eigenvalue weighted by Gasteiger charge is 2.17. The molecule has 9 nitrogen and oxygen atoms in total. The van der Waals surface area contributed by atoms with Gasteiger partial charge in [0, 0.05) is 46.9 Å². The number of pyridine rings is 3. The first kappa shape index (κ1) is 24.2. The minimum absolute atomic E-state index is 0.0440. The zero-order valence-corrected chi connectivity index (χ0v) is 21.0. The van der Waals surface area contributed by atoms with Crippen molar-refractivity contribution in [2.45, 2.75) is 26.2 Å². The molecule has 0 saturated heterocycles. The monoisotopic (exact) mass is 521 g/mol. The van der Waals surface area contributed by atoms with Gasteiger partial charge in [0.05, 0.1) is 34.5 Å². The lowest BCUT2D eigenvalue weighted by atomic mass is 10.1. The number of hydrogen-bond acceptors (Lipinski definition) is 6. The Morgan fingerprint density at radius 2 is 1.92 bits per heavy atom. The van der Waals surface area contributed by atoms with Gasteiger partial charge in [0.25, 0.3) is 0 Å². The summed E-state index contributed by atoms with van der Waals surface area (Å²) < 4.78 is 14.0. The Labute approximate surface area is 222 Å². The van der Waals surface area contributed by atoms with Crippen molar-refractivity contribution in [2.24, 2.45) is 0 Å². The molecule has 5 heterocycles. The molecule has 1 aromatic carbocycles. The van der Waals surface area contributed by atoms with Crippen molar-refractivity contribution >= 4 is 33.5 Å². The highest BCUT2D eigenvalue weighted by molar-refractivity contribution is 5.99. The number of benzene rings is 1. The van der Waals surface area contributed by atoms with Crippen molar-refractivity contribution in [3.63, 3.8) is 0 Å². The van der Waals surface area contributed by atoms with Crippen molar-refractivity contribution < 1.29 is 14.3 Å². The van der Waals surface area contributed by atoms with Gasteiger partial charge in [0.2, 0.25) is 5.91 Å². The van der Waals surface area contributed by atoms with Crippen molar-refractivity contribution in [1.82, 2.24) is 30.1 Å². The second kappa shape index (κ2) is 9.97. The van der Waals surface area contributed by atoms with Crippen LogP contribution in [0.5, 0.6) is 5.75 Å². The number of halogens is 1. The first-order valence-electron chi connectivity index (χ1n) is 12.6. The fraction of sp³-hybridized carbons (Fsp3) is 0.138. The lowest BCUT2D eigenvalue weighted by Gasteiger charge is -2.07. The Morgan fingerprint density at radius 1 is 1.03 bits per heavy atom. The van der Waals surface area contributed by atoms with Crippen LogP contribution in [0.15, 0.2) is 67.1 Å². The van der Waals surface area contributed by atoms with E-state index in [1.54, 1.807) is 18.6 Å². The van der Waals surface area contributed by atoms with Gasteiger partial charge in [-0.25, -0.2) is 9.37 Å². The number of unbranched alkanes of at least 4 members (excludes halogenated alkanes) is 1. The van der Waals surface area contributed by atoms with Gasteiger partial charge in [-0.2, -0.15) is 5.10 Å². The molecule has 6 aromatic rings. The van der Waals surface area contributed by atoms with Crippen molar-refractivity contribution in [1.29, 1.82) is 0 Å². The van der Waals surface area contributed by atoms with Crippen molar-refractivity contribution in [3.05, 3.63) is 72.9 Å². The lowest BCUT2D eigenvalue weighted by Crippen LogP contribution is -2.11. The molecule has 194 valence electrons. The summed E-state index contributed by atoms with van der Waals surface area (Å²) in [6, 6.07) is 13.2. The summed E-state index contributed by atoms with van der Waals surface area (Å²) >= 11 is 0. The summed E-state index contributed by atoms with van der Waals surface area (Å²) in [6.07, 6.45) is 7.18. The molecule has 0 aliphatic carbocycles. The molecule has 0 aliphatic heterocycles. The molecule has 0 unspecified atom stereocenters. The number of phenols is 1. The number of phenolic OH excluding ortho intramolecular Hbond substituents is 1.